The maximum Gasteiger partial charge on any atom is 0.270 e. The van der Waals surface area contributed by atoms with E-state index in [2.05, 4.69) is 4.98 Å². The topological polar surface area (TPSA) is 66.1 Å². The third-order valence-electron chi connectivity index (χ3n) is 4.76. The zero-order valence-corrected chi connectivity index (χ0v) is 16.0. The Morgan fingerprint density at radius 2 is 1.89 bits per heavy atom. The number of nitrogens with one attached hydrogen (secondary N) is 1. The van der Waals surface area contributed by atoms with Crippen molar-refractivity contribution in [1.82, 2.24) is 14.9 Å². The number of hydrogen-bond acceptors (Lipinski definition) is 4. The fourth-order valence-corrected chi connectivity index (χ4v) is 4.18. The average molecular weight is 379 g/mol. The van der Waals surface area contributed by atoms with Gasteiger partial charge in [-0.05, 0) is 31.4 Å². The van der Waals surface area contributed by atoms with Crippen molar-refractivity contribution in [2.75, 3.05) is 13.1 Å². The van der Waals surface area contributed by atoms with Crippen molar-refractivity contribution in [3.8, 4) is 21.8 Å². The monoisotopic (exact) mass is 379 g/mol. The first-order valence-electron chi connectivity index (χ1n) is 9.12. The number of aromatic nitrogens is 2. The van der Waals surface area contributed by atoms with Crippen molar-refractivity contribution < 1.29 is 9.59 Å². The number of ketones is 1. The van der Waals surface area contributed by atoms with Crippen LogP contribution >= 0.6 is 11.3 Å². The number of carbonyl (C=O) groups is 2. The van der Waals surface area contributed by atoms with Gasteiger partial charge in [-0.3, -0.25) is 9.59 Å². The molecule has 0 unspecified atom stereocenters. The van der Waals surface area contributed by atoms with Gasteiger partial charge in [0.1, 0.15) is 16.5 Å². The van der Waals surface area contributed by atoms with Crippen molar-refractivity contribution in [1.29, 1.82) is 0 Å². The molecule has 1 amide bonds. The first-order valence-corrected chi connectivity index (χ1v) is 10.0. The van der Waals surface area contributed by atoms with Crippen LogP contribution in [0, 0.1) is 0 Å². The van der Waals surface area contributed by atoms with Crippen LogP contribution in [0.1, 0.15) is 35.8 Å². The highest BCUT2D eigenvalue weighted by atomic mass is 32.1. The van der Waals surface area contributed by atoms with Crippen LogP contribution in [0.2, 0.25) is 0 Å². The summed E-state index contributed by atoms with van der Waals surface area (Å²) in [4.78, 5) is 33.4. The van der Waals surface area contributed by atoms with Crippen molar-refractivity contribution in [2.24, 2.45) is 0 Å². The van der Waals surface area contributed by atoms with Gasteiger partial charge in [-0.2, -0.15) is 0 Å². The molecule has 138 valence electrons. The Labute approximate surface area is 162 Å². The van der Waals surface area contributed by atoms with Crippen LogP contribution in [-0.2, 0) is 11.2 Å². The van der Waals surface area contributed by atoms with E-state index in [0.717, 1.165) is 53.3 Å². The molecule has 1 aliphatic rings. The SMILES string of the molecule is CC(=O)Cc1ccc(-c2nc(-c3c[nH]c(C(=O)N4CCCC4)c3)cs2)cc1. The second-order valence-corrected chi connectivity index (χ2v) is 7.77. The lowest BCUT2D eigenvalue weighted by Crippen LogP contribution is -2.27. The summed E-state index contributed by atoms with van der Waals surface area (Å²) in [7, 11) is 0. The molecule has 5 nitrogen and oxygen atoms in total. The van der Waals surface area contributed by atoms with Crippen LogP contribution in [-0.4, -0.2) is 39.6 Å². The smallest absolute Gasteiger partial charge is 0.270 e. The highest BCUT2D eigenvalue weighted by Gasteiger charge is 2.21. The number of aromatic amines is 1. The maximum atomic E-state index is 12.5. The summed E-state index contributed by atoms with van der Waals surface area (Å²) in [6.07, 6.45) is 4.47. The molecule has 1 N–H and O–H groups in total. The van der Waals surface area contributed by atoms with Crippen molar-refractivity contribution >= 4 is 23.0 Å². The molecule has 0 saturated carbocycles. The van der Waals surface area contributed by atoms with Gasteiger partial charge in [-0.1, -0.05) is 24.3 Å². The van der Waals surface area contributed by atoms with Gasteiger partial charge in [0.25, 0.3) is 5.91 Å². The third-order valence-corrected chi connectivity index (χ3v) is 5.65. The molecule has 3 aromatic rings. The van der Waals surface area contributed by atoms with Crippen LogP contribution in [0.5, 0.6) is 0 Å². The third kappa shape index (κ3) is 3.85. The highest BCUT2D eigenvalue weighted by molar-refractivity contribution is 7.13. The van der Waals surface area contributed by atoms with E-state index in [-0.39, 0.29) is 11.7 Å². The lowest BCUT2D eigenvalue weighted by atomic mass is 10.1. The van der Waals surface area contributed by atoms with E-state index in [1.807, 2.05) is 46.8 Å². The van der Waals surface area contributed by atoms with Crippen molar-refractivity contribution in [2.45, 2.75) is 26.2 Å². The highest BCUT2D eigenvalue weighted by Crippen LogP contribution is 2.29. The molecule has 0 atom stereocenters. The minimum Gasteiger partial charge on any atom is -0.357 e. The molecule has 1 saturated heterocycles. The minimum atomic E-state index is 0.0651. The predicted octanol–water partition coefficient (Wildman–Crippen LogP) is 4.17. The Morgan fingerprint density at radius 1 is 1.15 bits per heavy atom. The van der Waals surface area contributed by atoms with Gasteiger partial charge in [0.15, 0.2) is 0 Å². The van der Waals surface area contributed by atoms with Gasteiger partial charge in [0.05, 0.1) is 5.69 Å². The minimum absolute atomic E-state index is 0.0651. The van der Waals surface area contributed by atoms with Gasteiger partial charge in [-0.25, -0.2) is 4.98 Å². The molecule has 0 bridgehead atoms. The lowest BCUT2D eigenvalue weighted by Gasteiger charge is -2.13. The van der Waals surface area contributed by atoms with Gasteiger partial charge in [0.2, 0.25) is 0 Å². The van der Waals surface area contributed by atoms with E-state index in [0.29, 0.717) is 12.1 Å². The molecule has 3 heterocycles. The number of nitrogens with zero attached hydrogens (tertiary/aromatic N) is 2. The number of benzene rings is 1. The van der Waals surface area contributed by atoms with Gasteiger partial charge < -0.3 is 9.88 Å². The number of hydrogen-bond donors (Lipinski definition) is 1. The van der Waals surface area contributed by atoms with E-state index < -0.39 is 0 Å². The number of thiazole rings is 1. The number of carbonyl (C=O) groups excluding carboxylic acids is 2. The lowest BCUT2D eigenvalue weighted by molar-refractivity contribution is -0.116. The van der Waals surface area contributed by atoms with Crippen LogP contribution < -0.4 is 0 Å². The normalized spacial score (nSPS) is 13.9. The second kappa shape index (κ2) is 7.48. The van der Waals surface area contributed by atoms with Gasteiger partial charge in [-0.15, -0.1) is 11.3 Å². The summed E-state index contributed by atoms with van der Waals surface area (Å²) in [6, 6.07) is 9.83. The fourth-order valence-electron chi connectivity index (χ4n) is 3.35. The summed E-state index contributed by atoms with van der Waals surface area (Å²) in [6.45, 7) is 3.28. The number of Topliss-reactive ketones (excluding diaryl/α,β-unsaturated/α-hetero) is 1. The van der Waals surface area contributed by atoms with E-state index in [9.17, 15) is 9.59 Å². The maximum absolute atomic E-state index is 12.5. The predicted molar refractivity (Wildman–Crippen MR) is 107 cm³/mol. The summed E-state index contributed by atoms with van der Waals surface area (Å²) in [5.74, 6) is 0.223. The van der Waals surface area contributed by atoms with E-state index in [1.165, 1.54) is 0 Å². The molecule has 1 aromatic carbocycles. The van der Waals surface area contributed by atoms with E-state index >= 15 is 0 Å². The summed E-state index contributed by atoms with van der Waals surface area (Å²) < 4.78 is 0. The molecule has 2 aromatic heterocycles. The van der Waals surface area contributed by atoms with Gasteiger partial charge >= 0.3 is 0 Å². The molecular formula is C21H21N3O2S. The summed E-state index contributed by atoms with van der Waals surface area (Å²) in [5, 5.41) is 2.93. The van der Waals surface area contributed by atoms with Crippen molar-refractivity contribution in [3.63, 3.8) is 0 Å². The Hall–Kier alpha value is -2.73. The molecular weight excluding hydrogens is 358 g/mol. The van der Waals surface area contributed by atoms with E-state index in [4.69, 9.17) is 4.98 Å². The summed E-state index contributed by atoms with van der Waals surface area (Å²) in [5.41, 5.74) is 4.45. The average Bonchev–Trinajstić information content (AvgIpc) is 3.41. The Balaban J connectivity index is 1.51. The number of H-pyrrole nitrogens is 1. The number of likely N-dealkylation sites (tertiary alicyclic amines) is 1. The van der Waals surface area contributed by atoms with E-state index in [1.54, 1.807) is 18.3 Å². The number of rotatable bonds is 5. The molecule has 0 spiro atoms. The number of amides is 1. The van der Waals surface area contributed by atoms with Crippen LogP contribution in [0.4, 0.5) is 0 Å². The summed E-state index contributed by atoms with van der Waals surface area (Å²) >= 11 is 1.57. The first-order chi connectivity index (χ1) is 13.1. The zero-order valence-electron chi connectivity index (χ0n) is 15.2. The molecule has 1 aliphatic heterocycles. The first kappa shape index (κ1) is 17.7. The second-order valence-electron chi connectivity index (χ2n) is 6.91. The Morgan fingerprint density at radius 3 is 2.59 bits per heavy atom. The Kier molecular flexibility index (Phi) is 4.90. The molecule has 0 radical (unpaired) electrons. The molecule has 6 heteroatoms. The van der Waals surface area contributed by atoms with Crippen LogP contribution in [0.3, 0.4) is 0 Å². The standard InChI is InChI=1S/C21H21N3O2S/c1-14(25)10-15-4-6-16(7-5-15)20-23-19(13-27-20)17-11-18(22-12-17)21(26)24-8-2-3-9-24/h4-7,11-13,22H,2-3,8-10H2,1H3. The molecule has 0 aliphatic carbocycles. The van der Waals surface area contributed by atoms with Gasteiger partial charge in [0, 0.05) is 42.2 Å². The fraction of sp³-hybridized carbons (Fsp3) is 0.286. The molecule has 27 heavy (non-hydrogen) atoms. The van der Waals surface area contributed by atoms with Crippen LogP contribution in [0.25, 0.3) is 21.8 Å². The molecule has 4 rings (SSSR count). The van der Waals surface area contributed by atoms with Crippen LogP contribution in [0.15, 0.2) is 41.9 Å². The van der Waals surface area contributed by atoms with Crippen molar-refractivity contribution in [3.05, 3.63) is 53.2 Å². The quantitative estimate of drug-likeness (QED) is 0.723. The Bertz CT molecular complexity index is 965. The zero-order chi connectivity index (χ0) is 18.8. The largest absolute Gasteiger partial charge is 0.357 e. The molecule has 1 fully saturated rings.